The van der Waals surface area contributed by atoms with Crippen LogP contribution in [-0.2, 0) is 0 Å². The highest BCUT2D eigenvalue weighted by Crippen LogP contribution is 2.38. The van der Waals surface area contributed by atoms with E-state index in [1.165, 1.54) is 18.2 Å². The number of hydrogen-bond donors (Lipinski definition) is 3. The number of halogens is 4. The zero-order valence-electron chi connectivity index (χ0n) is 9.67. The third kappa shape index (κ3) is 4.10. The summed E-state index contributed by atoms with van der Waals surface area (Å²) in [5, 5.41) is 15.8. The summed E-state index contributed by atoms with van der Waals surface area (Å²) in [5.41, 5.74) is 0.306. The lowest BCUT2D eigenvalue weighted by atomic mass is 9.93. The van der Waals surface area contributed by atoms with Crippen LogP contribution in [0.2, 0.25) is 0 Å². The Bertz CT molecular complexity index is 439. The number of aliphatic hydroxyl groups excluding tert-OH is 1. The van der Waals surface area contributed by atoms with Gasteiger partial charge in [0.25, 0.3) is 0 Å². The Morgan fingerprint density at radius 3 is 2.58 bits per heavy atom. The van der Waals surface area contributed by atoms with Crippen LogP contribution in [0.4, 0.5) is 22.7 Å². The number of hydrogen-bond acceptors (Lipinski definition) is 4. The van der Waals surface area contributed by atoms with Crippen molar-refractivity contribution < 1.29 is 22.2 Å². The molecule has 8 heteroatoms. The first kappa shape index (κ1) is 15.8. The Kier molecular flexibility index (Phi) is 5.61. The summed E-state index contributed by atoms with van der Waals surface area (Å²) in [4.78, 5) is 0. The molecule has 1 aromatic rings. The van der Waals surface area contributed by atoms with Gasteiger partial charge in [0.1, 0.15) is 0 Å². The van der Waals surface area contributed by atoms with Crippen molar-refractivity contribution in [2.45, 2.75) is 18.5 Å². The maximum Gasteiger partial charge on any atom is 0.395 e. The average molecular weight is 296 g/mol. The largest absolute Gasteiger partial charge is 0.396 e. The fourth-order valence-corrected chi connectivity index (χ4v) is 1.97. The van der Waals surface area contributed by atoms with Gasteiger partial charge in [0.05, 0.1) is 11.6 Å². The van der Waals surface area contributed by atoms with Gasteiger partial charge >= 0.3 is 6.18 Å². The topological polar surface area (TPSA) is 56.1 Å². The van der Waals surface area contributed by atoms with E-state index >= 15 is 0 Å². The van der Waals surface area contributed by atoms with E-state index in [9.17, 15) is 17.1 Å². The Morgan fingerprint density at radius 2 is 2.11 bits per heavy atom. The van der Waals surface area contributed by atoms with Crippen molar-refractivity contribution in [1.82, 2.24) is 0 Å². The maximum atomic E-state index is 12.8. The number of benzene rings is 1. The molecule has 0 spiro atoms. The molecule has 0 aliphatic rings. The molecule has 1 unspecified atom stereocenters. The van der Waals surface area contributed by atoms with E-state index in [2.05, 4.69) is 4.72 Å². The molecular weight excluding hydrogens is 284 g/mol. The zero-order valence-corrected chi connectivity index (χ0v) is 10.5. The van der Waals surface area contributed by atoms with Gasteiger partial charge in [-0.1, -0.05) is 6.07 Å². The second kappa shape index (κ2) is 6.76. The molecule has 3 nitrogen and oxygen atoms in total. The smallest absolute Gasteiger partial charge is 0.395 e. The third-order valence-electron chi connectivity index (χ3n) is 2.59. The van der Waals surface area contributed by atoms with E-state index < -0.39 is 25.1 Å². The minimum atomic E-state index is -4.48. The van der Waals surface area contributed by atoms with Gasteiger partial charge in [-0.3, -0.25) is 0 Å². The first-order valence-corrected chi connectivity index (χ1v) is 6.01. The van der Waals surface area contributed by atoms with Gasteiger partial charge in [-0.2, -0.15) is 13.2 Å². The van der Waals surface area contributed by atoms with E-state index in [1.54, 1.807) is 0 Å². The van der Waals surface area contributed by atoms with Crippen LogP contribution in [0.5, 0.6) is 0 Å². The van der Waals surface area contributed by atoms with Crippen LogP contribution in [0.15, 0.2) is 18.2 Å². The predicted molar refractivity (Wildman–Crippen MR) is 67.1 cm³/mol. The summed E-state index contributed by atoms with van der Waals surface area (Å²) in [6, 6.07) is 3.65. The molecular formula is C11H12F4N2OS. The second-order valence-corrected chi connectivity index (χ2v) is 4.14. The minimum Gasteiger partial charge on any atom is -0.396 e. The average Bonchev–Trinajstić information content (AvgIpc) is 2.35. The molecule has 1 aromatic carbocycles. The highest BCUT2D eigenvalue weighted by Gasteiger charge is 2.40. The molecule has 0 aliphatic carbocycles. The molecule has 0 aliphatic heterocycles. The van der Waals surface area contributed by atoms with Crippen molar-refractivity contribution in [3.8, 4) is 0 Å². The van der Waals surface area contributed by atoms with Gasteiger partial charge in [0, 0.05) is 18.4 Å². The quantitative estimate of drug-likeness (QED) is 0.426. The molecule has 0 amide bonds. The van der Waals surface area contributed by atoms with Crippen LogP contribution in [-0.4, -0.2) is 24.1 Å². The SMILES string of the molecule is N=Cc1cc(C(CCO)C(F)(F)F)ccc1NSF. The molecule has 0 saturated carbocycles. The first-order chi connectivity index (χ1) is 8.93. The summed E-state index contributed by atoms with van der Waals surface area (Å²) in [5.74, 6) is -1.80. The lowest BCUT2D eigenvalue weighted by molar-refractivity contribution is -0.153. The van der Waals surface area contributed by atoms with Crippen LogP contribution in [0.25, 0.3) is 0 Å². The van der Waals surface area contributed by atoms with Crippen molar-refractivity contribution >= 4 is 24.2 Å². The van der Waals surface area contributed by atoms with Crippen LogP contribution < -0.4 is 4.72 Å². The van der Waals surface area contributed by atoms with Gasteiger partial charge < -0.3 is 15.2 Å². The van der Waals surface area contributed by atoms with Crippen molar-refractivity contribution in [3.05, 3.63) is 29.3 Å². The standard InChI is InChI=1S/C11H12F4N2OS/c12-11(13,14)9(3-4-18)7-1-2-10(17-19-15)8(5-7)6-16/h1-2,5-6,9,16-18H,3-4H2. The highest BCUT2D eigenvalue weighted by atomic mass is 32.2. The molecule has 0 bridgehead atoms. The van der Waals surface area contributed by atoms with Gasteiger partial charge in [0.2, 0.25) is 0 Å². The molecule has 0 heterocycles. The molecule has 19 heavy (non-hydrogen) atoms. The molecule has 106 valence electrons. The Labute approximate surface area is 112 Å². The summed E-state index contributed by atoms with van der Waals surface area (Å²) in [6.07, 6.45) is -4.09. The van der Waals surface area contributed by atoms with E-state index in [4.69, 9.17) is 10.5 Å². The molecule has 0 radical (unpaired) electrons. The highest BCUT2D eigenvalue weighted by molar-refractivity contribution is 7.95. The molecule has 0 aromatic heterocycles. The summed E-state index contributed by atoms with van der Waals surface area (Å²) < 4.78 is 52.8. The predicted octanol–water partition coefficient (Wildman–Crippen LogP) is 3.66. The number of anilines is 1. The van der Waals surface area contributed by atoms with E-state index in [0.29, 0.717) is 0 Å². The van der Waals surface area contributed by atoms with E-state index in [0.717, 1.165) is 6.21 Å². The van der Waals surface area contributed by atoms with E-state index in [-0.39, 0.29) is 29.1 Å². The summed E-state index contributed by atoms with van der Waals surface area (Å²) >= 11 is -0.201. The Morgan fingerprint density at radius 1 is 1.42 bits per heavy atom. The fraction of sp³-hybridized carbons (Fsp3) is 0.364. The van der Waals surface area contributed by atoms with Crippen molar-refractivity contribution in [2.24, 2.45) is 0 Å². The monoisotopic (exact) mass is 296 g/mol. The maximum absolute atomic E-state index is 12.8. The Balaban J connectivity index is 3.14. The number of alkyl halides is 3. The van der Waals surface area contributed by atoms with Gasteiger partial charge in [-0.15, -0.1) is 3.89 Å². The number of aliphatic hydroxyl groups is 1. The summed E-state index contributed by atoms with van der Waals surface area (Å²) in [6.45, 7) is -0.593. The van der Waals surface area contributed by atoms with Crippen LogP contribution in [0, 0.1) is 5.41 Å². The van der Waals surface area contributed by atoms with Crippen molar-refractivity contribution in [1.29, 1.82) is 5.41 Å². The lowest BCUT2D eigenvalue weighted by Gasteiger charge is -2.20. The van der Waals surface area contributed by atoms with Crippen LogP contribution >= 0.6 is 12.3 Å². The minimum absolute atomic E-state index is 0.0607. The first-order valence-electron chi connectivity index (χ1n) is 5.29. The van der Waals surface area contributed by atoms with Gasteiger partial charge in [-0.25, -0.2) is 0 Å². The van der Waals surface area contributed by atoms with Crippen LogP contribution in [0.1, 0.15) is 23.5 Å². The Hall–Kier alpha value is -1.28. The van der Waals surface area contributed by atoms with Gasteiger partial charge in [-0.05, 0) is 24.1 Å². The molecule has 3 N–H and O–H groups in total. The van der Waals surface area contributed by atoms with Crippen molar-refractivity contribution in [3.63, 3.8) is 0 Å². The fourth-order valence-electron chi connectivity index (χ4n) is 1.70. The molecule has 0 saturated heterocycles. The molecule has 1 atom stereocenters. The van der Waals surface area contributed by atoms with Crippen molar-refractivity contribution in [2.75, 3.05) is 11.3 Å². The number of nitrogens with one attached hydrogen (secondary N) is 2. The summed E-state index contributed by atoms with van der Waals surface area (Å²) in [7, 11) is 0. The molecule has 0 fully saturated rings. The zero-order chi connectivity index (χ0) is 14.5. The van der Waals surface area contributed by atoms with E-state index in [1.807, 2.05) is 0 Å². The van der Waals surface area contributed by atoms with Crippen LogP contribution in [0.3, 0.4) is 0 Å². The normalized spacial score (nSPS) is 13.1. The lowest BCUT2D eigenvalue weighted by Crippen LogP contribution is -2.22. The van der Waals surface area contributed by atoms with Gasteiger partial charge in [0.15, 0.2) is 12.3 Å². The second-order valence-electron chi connectivity index (χ2n) is 3.78. The molecule has 1 rings (SSSR count). The third-order valence-corrected chi connectivity index (χ3v) is 2.89. The number of rotatable bonds is 6.